The molecule has 0 amide bonds. The van der Waals surface area contributed by atoms with E-state index in [2.05, 4.69) is 6.92 Å². The summed E-state index contributed by atoms with van der Waals surface area (Å²) in [5, 5.41) is 9.09. The second-order valence-electron chi connectivity index (χ2n) is 4.71. The van der Waals surface area contributed by atoms with Gasteiger partial charge in [0.2, 0.25) is 0 Å². The molecule has 3 nitrogen and oxygen atoms in total. The number of hydrogen-bond donors (Lipinski definition) is 1. The van der Waals surface area contributed by atoms with Crippen LogP contribution in [0.3, 0.4) is 0 Å². The van der Waals surface area contributed by atoms with E-state index < -0.39 is 22.7 Å². The number of hydrogen-bond acceptors (Lipinski definition) is 2. The van der Waals surface area contributed by atoms with Crippen LogP contribution in [0.5, 0.6) is 0 Å². The molecule has 1 aromatic rings. The summed E-state index contributed by atoms with van der Waals surface area (Å²) in [5.41, 5.74) is 0.670. The highest BCUT2D eigenvalue weighted by Crippen LogP contribution is 2.23. The van der Waals surface area contributed by atoms with Gasteiger partial charge >= 0.3 is 5.97 Å². The molecular weight excluding hydrogens is 260 g/mol. The highest BCUT2D eigenvalue weighted by molar-refractivity contribution is 7.85. The van der Waals surface area contributed by atoms with Gasteiger partial charge in [0.25, 0.3) is 0 Å². The lowest BCUT2D eigenvalue weighted by atomic mass is 10.0. The van der Waals surface area contributed by atoms with Crippen molar-refractivity contribution in [1.82, 2.24) is 0 Å². The van der Waals surface area contributed by atoms with Crippen molar-refractivity contribution in [2.24, 2.45) is 0 Å². The predicted molar refractivity (Wildman–Crippen MR) is 77.9 cm³/mol. The van der Waals surface area contributed by atoms with Crippen LogP contribution in [-0.4, -0.2) is 21.0 Å². The third-order valence-electron chi connectivity index (χ3n) is 3.18. The van der Waals surface area contributed by atoms with Crippen molar-refractivity contribution in [2.75, 3.05) is 5.75 Å². The average molecular weight is 282 g/mol. The van der Waals surface area contributed by atoms with Gasteiger partial charge in [-0.3, -0.25) is 9.00 Å². The summed E-state index contributed by atoms with van der Waals surface area (Å²) in [6, 6.07) is 7.16. The third-order valence-corrected chi connectivity index (χ3v) is 4.71. The van der Waals surface area contributed by atoms with Crippen molar-refractivity contribution in [1.29, 1.82) is 0 Å². The molecule has 0 aromatic heterocycles. The molecule has 0 heterocycles. The Morgan fingerprint density at radius 2 is 1.95 bits per heavy atom. The molecule has 0 saturated carbocycles. The first kappa shape index (κ1) is 15.9. The molecule has 4 heteroatoms. The molecule has 0 bridgehead atoms. The maximum absolute atomic E-state index is 12.3. The van der Waals surface area contributed by atoms with E-state index in [1.807, 2.05) is 6.07 Å². The standard InChI is InChI=1S/C15H22O3S/c1-3-4-5-8-11-19(18)14-10-7-6-9-13(14)12(2)15(16)17/h6-7,9-10,12H,3-5,8,11H2,1-2H3,(H,16,17). The maximum atomic E-state index is 12.3. The largest absolute Gasteiger partial charge is 0.481 e. The molecular formula is C15H22O3S. The van der Waals surface area contributed by atoms with Crippen molar-refractivity contribution in [3.8, 4) is 0 Å². The molecule has 1 rings (SSSR count). The number of carboxylic acid groups (broad SMARTS) is 1. The normalized spacial score (nSPS) is 14.0. The molecule has 106 valence electrons. The summed E-state index contributed by atoms with van der Waals surface area (Å²) >= 11 is 0. The lowest BCUT2D eigenvalue weighted by molar-refractivity contribution is -0.138. The van der Waals surface area contributed by atoms with Crippen LogP contribution in [0.15, 0.2) is 29.2 Å². The first-order valence-electron chi connectivity index (χ1n) is 6.78. The van der Waals surface area contributed by atoms with E-state index in [1.165, 1.54) is 0 Å². The fraction of sp³-hybridized carbons (Fsp3) is 0.533. The number of aliphatic carboxylic acids is 1. The monoisotopic (exact) mass is 282 g/mol. The number of carbonyl (C=O) groups is 1. The van der Waals surface area contributed by atoms with Crippen LogP contribution in [-0.2, 0) is 15.6 Å². The average Bonchev–Trinajstić information content (AvgIpc) is 2.42. The number of unbranched alkanes of at least 4 members (excludes halogenated alkanes) is 3. The Balaban J connectivity index is 2.76. The molecule has 1 N–H and O–H groups in total. The SMILES string of the molecule is CCCCCCS(=O)c1ccccc1C(C)C(=O)O. The van der Waals surface area contributed by atoms with E-state index >= 15 is 0 Å². The molecule has 0 aliphatic heterocycles. The quantitative estimate of drug-likeness (QED) is 0.742. The molecule has 2 unspecified atom stereocenters. The zero-order chi connectivity index (χ0) is 14.3. The smallest absolute Gasteiger partial charge is 0.310 e. The van der Waals surface area contributed by atoms with Gasteiger partial charge in [-0.05, 0) is 25.0 Å². The lowest BCUT2D eigenvalue weighted by Gasteiger charge is -2.12. The molecule has 0 aliphatic carbocycles. The van der Waals surface area contributed by atoms with Crippen LogP contribution in [0.1, 0.15) is 51.0 Å². The van der Waals surface area contributed by atoms with E-state index in [0.717, 1.165) is 25.7 Å². The van der Waals surface area contributed by atoms with Gasteiger partial charge in [0, 0.05) is 10.6 Å². The molecule has 0 fully saturated rings. The Hall–Kier alpha value is -1.16. The topological polar surface area (TPSA) is 54.4 Å². The van der Waals surface area contributed by atoms with Gasteiger partial charge in [0.1, 0.15) is 0 Å². The molecule has 19 heavy (non-hydrogen) atoms. The van der Waals surface area contributed by atoms with Gasteiger partial charge in [-0.25, -0.2) is 0 Å². The predicted octanol–water partition coefficient (Wildman–Crippen LogP) is 3.56. The van der Waals surface area contributed by atoms with E-state index in [-0.39, 0.29) is 0 Å². The van der Waals surface area contributed by atoms with Gasteiger partial charge in [0.05, 0.1) is 16.7 Å². The molecule has 0 radical (unpaired) electrons. The zero-order valence-electron chi connectivity index (χ0n) is 11.6. The van der Waals surface area contributed by atoms with E-state index in [1.54, 1.807) is 25.1 Å². The Bertz CT molecular complexity index is 443. The Labute approximate surface area is 117 Å². The van der Waals surface area contributed by atoms with Crippen molar-refractivity contribution in [3.63, 3.8) is 0 Å². The van der Waals surface area contributed by atoms with Gasteiger partial charge in [-0.2, -0.15) is 0 Å². The van der Waals surface area contributed by atoms with Crippen LogP contribution in [0, 0.1) is 0 Å². The van der Waals surface area contributed by atoms with Crippen LogP contribution in [0.4, 0.5) is 0 Å². The van der Waals surface area contributed by atoms with E-state index in [9.17, 15) is 9.00 Å². The summed E-state index contributed by atoms with van der Waals surface area (Å²) in [6.07, 6.45) is 4.32. The van der Waals surface area contributed by atoms with Crippen molar-refractivity contribution in [3.05, 3.63) is 29.8 Å². The van der Waals surface area contributed by atoms with Crippen LogP contribution >= 0.6 is 0 Å². The number of carboxylic acids is 1. The maximum Gasteiger partial charge on any atom is 0.310 e. The van der Waals surface area contributed by atoms with Crippen molar-refractivity contribution in [2.45, 2.75) is 50.3 Å². The van der Waals surface area contributed by atoms with Gasteiger partial charge in [-0.15, -0.1) is 0 Å². The Kier molecular flexibility index (Phi) is 6.78. The Morgan fingerprint density at radius 3 is 2.58 bits per heavy atom. The Morgan fingerprint density at radius 1 is 1.26 bits per heavy atom. The minimum Gasteiger partial charge on any atom is -0.481 e. The minimum atomic E-state index is -1.10. The van der Waals surface area contributed by atoms with Crippen LogP contribution in [0.2, 0.25) is 0 Å². The highest BCUT2D eigenvalue weighted by atomic mass is 32.2. The summed E-state index contributed by atoms with van der Waals surface area (Å²) < 4.78 is 12.3. The second-order valence-corrected chi connectivity index (χ2v) is 6.25. The van der Waals surface area contributed by atoms with Crippen LogP contribution in [0.25, 0.3) is 0 Å². The fourth-order valence-corrected chi connectivity index (χ4v) is 3.37. The minimum absolute atomic E-state index is 0.614. The molecule has 1 aromatic carbocycles. The molecule has 2 atom stereocenters. The van der Waals surface area contributed by atoms with Gasteiger partial charge < -0.3 is 5.11 Å². The fourth-order valence-electron chi connectivity index (χ4n) is 1.95. The number of benzene rings is 1. The van der Waals surface area contributed by atoms with Gasteiger partial charge in [-0.1, -0.05) is 44.4 Å². The van der Waals surface area contributed by atoms with E-state index in [0.29, 0.717) is 16.2 Å². The zero-order valence-corrected chi connectivity index (χ0v) is 12.4. The van der Waals surface area contributed by atoms with Crippen molar-refractivity contribution < 1.29 is 14.1 Å². The molecule has 0 saturated heterocycles. The van der Waals surface area contributed by atoms with E-state index in [4.69, 9.17) is 5.11 Å². The summed E-state index contributed by atoms with van der Waals surface area (Å²) in [6.45, 7) is 3.77. The third kappa shape index (κ3) is 4.78. The lowest BCUT2D eigenvalue weighted by Crippen LogP contribution is -2.11. The summed E-state index contributed by atoms with van der Waals surface area (Å²) in [5.74, 6) is -0.880. The second kappa shape index (κ2) is 8.10. The highest BCUT2D eigenvalue weighted by Gasteiger charge is 2.19. The van der Waals surface area contributed by atoms with Crippen molar-refractivity contribution >= 4 is 16.8 Å². The first-order chi connectivity index (χ1) is 9.07. The molecule has 0 spiro atoms. The van der Waals surface area contributed by atoms with Crippen LogP contribution < -0.4 is 0 Å². The molecule has 0 aliphatic rings. The first-order valence-corrected chi connectivity index (χ1v) is 8.10. The summed E-state index contributed by atoms with van der Waals surface area (Å²) in [4.78, 5) is 11.7. The summed E-state index contributed by atoms with van der Waals surface area (Å²) in [7, 11) is -1.10. The number of rotatable bonds is 8. The van der Waals surface area contributed by atoms with Gasteiger partial charge in [0.15, 0.2) is 0 Å².